The smallest absolute Gasteiger partial charge is 0.178 e. The molecule has 0 aromatic heterocycles. The fourth-order valence-electron chi connectivity index (χ4n) is 2.40. The summed E-state index contributed by atoms with van der Waals surface area (Å²) >= 11 is 0. The monoisotopic (exact) mass is 248 g/mol. The molecule has 1 aromatic rings. The number of fused-ring (bicyclic) bond motifs is 1. The quantitative estimate of drug-likeness (QED) is 0.752. The molecule has 0 saturated carbocycles. The first-order valence-electron chi connectivity index (χ1n) is 6.48. The van der Waals surface area contributed by atoms with Crippen molar-refractivity contribution in [2.24, 2.45) is 0 Å². The van der Waals surface area contributed by atoms with E-state index in [0.29, 0.717) is 19.6 Å². The highest BCUT2D eigenvalue weighted by Gasteiger charge is 2.47. The van der Waals surface area contributed by atoms with Crippen molar-refractivity contribution in [3.05, 3.63) is 29.8 Å². The number of ketones is 1. The van der Waals surface area contributed by atoms with Gasteiger partial charge >= 0.3 is 0 Å². The van der Waals surface area contributed by atoms with Gasteiger partial charge in [0.1, 0.15) is 5.75 Å². The minimum atomic E-state index is -0.749. The number of hydrogen-bond donors (Lipinski definition) is 0. The summed E-state index contributed by atoms with van der Waals surface area (Å²) in [6.07, 6.45) is 0.405. The number of para-hydroxylation sites is 1. The highest BCUT2D eigenvalue weighted by Crippen LogP contribution is 2.45. The van der Waals surface area contributed by atoms with Gasteiger partial charge in [-0.15, -0.1) is 0 Å². The molecule has 0 amide bonds. The van der Waals surface area contributed by atoms with Gasteiger partial charge in [-0.3, -0.25) is 4.79 Å². The number of Topliss-reactive ketones (excluding diaryl/α,β-unsaturated/α-hetero) is 1. The Morgan fingerprint density at radius 3 is 2.83 bits per heavy atom. The molecule has 0 saturated heterocycles. The minimum Gasteiger partial charge on any atom is -0.479 e. The molecule has 0 aliphatic carbocycles. The molecule has 0 bridgehead atoms. The minimum absolute atomic E-state index is 0.0860. The summed E-state index contributed by atoms with van der Waals surface area (Å²) in [5.74, 6) is 1.03. The molecule has 0 spiro atoms. The molecule has 1 heterocycles. The lowest BCUT2D eigenvalue weighted by Gasteiger charge is -2.27. The maximum absolute atomic E-state index is 12.3. The van der Waals surface area contributed by atoms with E-state index in [4.69, 9.17) is 9.47 Å². The standard InChI is InChI=1S/C15H20O3/c1-4-17-10-9-14(16)15(3)11(2)12-7-5-6-8-13(12)18-15/h5-8,11H,4,9-10H2,1-3H3. The first-order chi connectivity index (χ1) is 8.59. The van der Waals surface area contributed by atoms with Gasteiger partial charge in [-0.25, -0.2) is 0 Å². The summed E-state index contributed by atoms with van der Waals surface area (Å²) in [7, 11) is 0. The van der Waals surface area contributed by atoms with E-state index in [9.17, 15) is 4.79 Å². The van der Waals surface area contributed by atoms with Gasteiger partial charge in [-0.05, 0) is 19.9 Å². The lowest BCUT2D eigenvalue weighted by molar-refractivity contribution is -0.134. The molecule has 1 aromatic carbocycles. The van der Waals surface area contributed by atoms with Crippen LogP contribution in [0.15, 0.2) is 24.3 Å². The van der Waals surface area contributed by atoms with E-state index in [2.05, 4.69) is 0 Å². The Morgan fingerprint density at radius 2 is 2.17 bits per heavy atom. The maximum Gasteiger partial charge on any atom is 0.178 e. The predicted molar refractivity (Wildman–Crippen MR) is 70.0 cm³/mol. The van der Waals surface area contributed by atoms with E-state index in [0.717, 1.165) is 11.3 Å². The van der Waals surface area contributed by atoms with Crippen LogP contribution in [0.4, 0.5) is 0 Å². The predicted octanol–water partition coefficient (Wildman–Crippen LogP) is 2.94. The zero-order valence-electron chi connectivity index (χ0n) is 11.2. The Balaban J connectivity index is 2.12. The van der Waals surface area contributed by atoms with E-state index < -0.39 is 5.60 Å². The summed E-state index contributed by atoms with van der Waals surface area (Å²) in [4.78, 5) is 12.3. The van der Waals surface area contributed by atoms with Crippen LogP contribution in [-0.4, -0.2) is 24.6 Å². The maximum atomic E-state index is 12.3. The van der Waals surface area contributed by atoms with Gasteiger partial charge in [0.15, 0.2) is 11.4 Å². The van der Waals surface area contributed by atoms with Crippen LogP contribution in [-0.2, 0) is 9.53 Å². The number of rotatable bonds is 5. The molecule has 2 unspecified atom stereocenters. The van der Waals surface area contributed by atoms with E-state index in [1.165, 1.54) is 0 Å². The molecule has 3 heteroatoms. The zero-order chi connectivity index (χ0) is 13.2. The Morgan fingerprint density at radius 1 is 1.44 bits per heavy atom. The lowest BCUT2D eigenvalue weighted by Crippen LogP contribution is -2.42. The summed E-state index contributed by atoms with van der Waals surface area (Å²) < 4.78 is 11.1. The zero-order valence-corrected chi connectivity index (χ0v) is 11.2. The molecule has 18 heavy (non-hydrogen) atoms. The van der Waals surface area contributed by atoms with Gasteiger partial charge in [-0.1, -0.05) is 25.1 Å². The fraction of sp³-hybridized carbons (Fsp3) is 0.533. The molecule has 0 N–H and O–H groups in total. The van der Waals surface area contributed by atoms with E-state index >= 15 is 0 Å². The van der Waals surface area contributed by atoms with Gasteiger partial charge in [0, 0.05) is 24.5 Å². The average Bonchev–Trinajstić information content (AvgIpc) is 2.64. The van der Waals surface area contributed by atoms with Crippen LogP contribution >= 0.6 is 0 Å². The second kappa shape index (κ2) is 5.11. The van der Waals surface area contributed by atoms with Crippen LogP contribution in [0.2, 0.25) is 0 Å². The molecule has 1 aliphatic rings. The topological polar surface area (TPSA) is 35.5 Å². The van der Waals surface area contributed by atoms with Gasteiger partial charge in [0.2, 0.25) is 0 Å². The first-order valence-corrected chi connectivity index (χ1v) is 6.48. The SMILES string of the molecule is CCOCCC(=O)C1(C)Oc2ccccc2C1C. The normalized spacial score (nSPS) is 25.6. The Kier molecular flexibility index (Phi) is 3.71. The third-order valence-corrected chi connectivity index (χ3v) is 3.77. The summed E-state index contributed by atoms with van der Waals surface area (Å²) in [5.41, 5.74) is 0.366. The number of carbonyl (C=O) groups excluding carboxylic acids is 1. The Bertz CT molecular complexity index is 441. The van der Waals surface area contributed by atoms with E-state index in [1.807, 2.05) is 45.0 Å². The molecule has 2 rings (SSSR count). The Labute approximate surface area is 108 Å². The van der Waals surface area contributed by atoms with E-state index in [1.54, 1.807) is 0 Å². The van der Waals surface area contributed by atoms with Crippen molar-refractivity contribution < 1.29 is 14.3 Å². The molecule has 0 fully saturated rings. The third-order valence-electron chi connectivity index (χ3n) is 3.77. The Hall–Kier alpha value is -1.35. The number of hydrogen-bond acceptors (Lipinski definition) is 3. The third kappa shape index (κ3) is 2.15. The van der Waals surface area contributed by atoms with Crippen LogP contribution in [0.1, 0.15) is 38.7 Å². The lowest BCUT2D eigenvalue weighted by atomic mass is 9.83. The van der Waals surface area contributed by atoms with Gasteiger partial charge in [-0.2, -0.15) is 0 Å². The molecule has 0 radical (unpaired) electrons. The van der Waals surface area contributed by atoms with Crippen molar-refractivity contribution in [1.29, 1.82) is 0 Å². The molecular formula is C15H20O3. The van der Waals surface area contributed by atoms with Crippen molar-refractivity contribution >= 4 is 5.78 Å². The van der Waals surface area contributed by atoms with E-state index in [-0.39, 0.29) is 11.7 Å². The van der Waals surface area contributed by atoms with Crippen LogP contribution in [0, 0.1) is 0 Å². The molecule has 3 nitrogen and oxygen atoms in total. The molecular weight excluding hydrogens is 228 g/mol. The second-order valence-corrected chi connectivity index (χ2v) is 4.84. The summed E-state index contributed by atoms with van der Waals surface area (Å²) in [6.45, 7) is 6.96. The average molecular weight is 248 g/mol. The van der Waals surface area contributed by atoms with Crippen molar-refractivity contribution in [3.63, 3.8) is 0 Å². The largest absolute Gasteiger partial charge is 0.479 e. The van der Waals surface area contributed by atoms with Crippen LogP contribution in [0.5, 0.6) is 5.75 Å². The molecule has 2 atom stereocenters. The number of carbonyl (C=O) groups is 1. The number of ether oxygens (including phenoxy) is 2. The highest BCUT2D eigenvalue weighted by atomic mass is 16.5. The van der Waals surface area contributed by atoms with Gasteiger partial charge < -0.3 is 9.47 Å². The summed E-state index contributed by atoms with van der Waals surface area (Å²) in [6, 6.07) is 7.87. The van der Waals surface area contributed by atoms with Crippen LogP contribution in [0.3, 0.4) is 0 Å². The first kappa shape index (κ1) is 13.1. The van der Waals surface area contributed by atoms with Crippen molar-refractivity contribution in [2.75, 3.05) is 13.2 Å². The fourth-order valence-corrected chi connectivity index (χ4v) is 2.40. The second-order valence-electron chi connectivity index (χ2n) is 4.84. The van der Waals surface area contributed by atoms with Crippen molar-refractivity contribution in [2.45, 2.75) is 38.7 Å². The molecule has 1 aliphatic heterocycles. The van der Waals surface area contributed by atoms with Crippen molar-refractivity contribution in [3.8, 4) is 5.75 Å². The highest BCUT2D eigenvalue weighted by molar-refractivity contribution is 5.89. The number of benzene rings is 1. The van der Waals surface area contributed by atoms with Gasteiger partial charge in [0.05, 0.1) is 6.61 Å². The molecule has 98 valence electrons. The summed E-state index contributed by atoms with van der Waals surface area (Å²) in [5, 5.41) is 0. The van der Waals surface area contributed by atoms with Crippen molar-refractivity contribution in [1.82, 2.24) is 0 Å². The van der Waals surface area contributed by atoms with Crippen LogP contribution < -0.4 is 4.74 Å². The van der Waals surface area contributed by atoms with Gasteiger partial charge in [0.25, 0.3) is 0 Å². The van der Waals surface area contributed by atoms with Crippen LogP contribution in [0.25, 0.3) is 0 Å².